The van der Waals surface area contributed by atoms with Crippen molar-refractivity contribution < 1.29 is 9.59 Å². The lowest BCUT2D eigenvalue weighted by molar-refractivity contribution is -0.115. The minimum atomic E-state index is -0.399. The Bertz CT molecular complexity index is 1370. The average Bonchev–Trinajstić information content (AvgIpc) is 3.13. The third kappa shape index (κ3) is 3.90. The van der Waals surface area contributed by atoms with Crippen molar-refractivity contribution in [3.63, 3.8) is 0 Å². The molecule has 6 nitrogen and oxygen atoms in total. The zero-order valence-electron chi connectivity index (χ0n) is 17.3. The lowest BCUT2D eigenvalue weighted by atomic mass is 10.1. The number of thioether (sulfide) groups is 1. The number of para-hydroxylation sites is 2. The van der Waals surface area contributed by atoms with Gasteiger partial charge in [-0.25, -0.2) is 4.98 Å². The van der Waals surface area contributed by atoms with E-state index >= 15 is 0 Å². The molecule has 1 amide bonds. The molecule has 0 fully saturated rings. The number of fused-ring (bicyclic) bond motifs is 3. The van der Waals surface area contributed by atoms with Crippen LogP contribution in [0.1, 0.15) is 35.3 Å². The minimum absolute atomic E-state index is 0.0189. The first-order valence-electron chi connectivity index (χ1n) is 9.78. The monoisotopic (exact) mass is 428 g/mol. The fourth-order valence-corrected chi connectivity index (χ4v) is 4.47. The molecular formula is C24H20N4O2S. The number of nitriles is 1. The highest BCUT2D eigenvalue weighted by molar-refractivity contribution is 8.00. The Morgan fingerprint density at radius 3 is 2.55 bits per heavy atom. The summed E-state index contributed by atoms with van der Waals surface area (Å²) in [5, 5.41) is 13.0. The van der Waals surface area contributed by atoms with Crippen LogP contribution in [0.15, 0.2) is 59.6 Å². The molecule has 0 saturated carbocycles. The number of carbonyl (C=O) groups excluding carboxylic acids is 2. The van der Waals surface area contributed by atoms with E-state index < -0.39 is 5.25 Å². The van der Waals surface area contributed by atoms with Crippen molar-refractivity contribution in [1.82, 2.24) is 9.38 Å². The van der Waals surface area contributed by atoms with Crippen molar-refractivity contribution in [3.05, 3.63) is 71.3 Å². The number of ketones is 1. The van der Waals surface area contributed by atoms with Crippen LogP contribution < -0.4 is 5.32 Å². The quantitative estimate of drug-likeness (QED) is 0.357. The van der Waals surface area contributed by atoms with Crippen molar-refractivity contribution >= 4 is 45.8 Å². The second kappa shape index (κ2) is 8.25. The summed E-state index contributed by atoms with van der Waals surface area (Å²) in [7, 11) is 0. The number of anilines is 1. The van der Waals surface area contributed by atoms with Gasteiger partial charge in [-0.05, 0) is 68.8 Å². The van der Waals surface area contributed by atoms with Crippen molar-refractivity contribution in [2.45, 2.75) is 31.0 Å². The summed E-state index contributed by atoms with van der Waals surface area (Å²) >= 11 is 1.41. The molecule has 2 aromatic carbocycles. The predicted octanol–water partition coefficient (Wildman–Crippen LogP) is 4.99. The SMILES string of the molecule is CC(=O)c1ccc(NC(=O)[C@@H](C)Sc2cc(C)c(C#N)c3nc4ccccc4n23)cc1. The third-order valence-electron chi connectivity index (χ3n) is 5.08. The van der Waals surface area contributed by atoms with Gasteiger partial charge in [-0.3, -0.25) is 14.0 Å². The van der Waals surface area contributed by atoms with Gasteiger partial charge in [0.15, 0.2) is 11.4 Å². The van der Waals surface area contributed by atoms with Gasteiger partial charge in [-0.2, -0.15) is 5.26 Å². The Hall–Kier alpha value is -3.63. The third-order valence-corrected chi connectivity index (χ3v) is 6.19. The van der Waals surface area contributed by atoms with Gasteiger partial charge in [0.05, 0.1) is 26.9 Å². The van der Waals surface area contributed by atoms with E-state index in [0.29, 0.717) is 22.5 Å². The fraction of sp³-hybridized carbons (Fsp3) is 0.167. The zero-order chi connectivity index (χ0) is 22.1. The first-order chi connectivity index (χ1) is 14.9. The summed E-state index contributed by atoms with van der Waals surface area (Å²) < 4.78 is 1.94. The van der Waals surface area contributed by atoms with Crippen LogP contribution in [0.25, 0.3) is 16.7 Å². The first kappa shape index (κ1) is 20.6. The first-order valence-corrected chi connectivity index (χ1v) is 10.7. The Labute approximate surface area is 183 Å². The number of pyridine rings is 1. The summed E-state index contributed by atoms with van der Waals surface area (Å²) in [4.78, 5) is 28.9. The molecule has 1 atom stereocenters. The molecule has 154 valence electrons. The largest absolute Gasteiger partial charge is 0.325 e. The van der Waals surface area contributed by atoms with E-state index in [2.05, 4.69) is 16.4 Å². The van der Waals surface area contributed by atoms with Gasteiger partial charge >= 0.3 is 0 Å². The number of benzene rings is 2. The summed E-state index contributed by atoms with van der Waals surface area (Å²) in [5.41, 5.74) is 4.87. The number of Topliss-reactive ketones (excluding diaryl/α,β-unsaturated/α-hetero) is 1. The fourth-order valence-electron chi connectivity index (χ4n) is 3.41. The van der Waals surface area contributed by atoms with E-state index in [-0.39, 0.29) is 11.7 Å². The van der Waals surface area contributed by atoms with Crippen molar-refractivity contribution in [1.29, 1.82) is 5.26 Å². The molecule has 2 heterocycles. The van der Waals surface area contributed by atoms with Crippen LogP contribution in [0, 0.1) is 18.3 Å². The Morgan fingerprint density at radius 2 is 1.87 bits per heavy atom. The van der Waals surface area contributed by atoms with Gasteiger partial charge in [-0.15, -0.1) is 0 Å². The van der Waals surface area contributed by atoms with Gasteiger partial charge in [0, 0.05) is 11.3 Å². The molecule has 2 aromatic heterocycles. The molecular weight excluding hydrogens is 408 g/mol. The van der Waals surface area contributed by atoms with E-state index in [0.717, 1.165) is 21.6 Å². The number of hydrogen-bond acceptors (Lipinski definition) is 5. The minimum Gasteiger partial charge on any atom is -0.325 e. The number of carbonyl (C=O) groups is 2. The number of aromatic nitrogens is 2. The smallest absolute Gasteiger partial charge is 0.237 e. The highest BCUT2D eigenvalue weighted by Crippen LogP contribution is 2.31. The van der Waals surface area contributed by atoms with Gasteiger partial charge in [0.2, 0.25) is 5.91 Å². The average molecular weight is 429 g/mol. The second-order valence-electron chi connectivity index (χ2n) is 7.29. The maximum absolute atomic E-state index is 12.8. The highest BCUT2D eigenvalue weighted by Gasteiger charge is 2.20. The number of nitrogens with one attached hydrogen (secondary N) is 1. The van der Waals surface area contributed by atoms with E-state index in [9.17, 15) is 14.9 Å². The van der Waals surface area contributed by atoms with Crippen LogP contribution in [0.2, 0.25) is 0 Å². The van der Waals surface area contributed by atoms with Gasteiger partial charge in [0.1, 0.15) is 6.07 Å². The molecule has 0 aliphatic rings. The number of nitrogens with zero attached hydrogens (tertiary/aromatic N) is 3. The standard InChI is InChI=1S/C24H20N4O2S/c1-14-12-22(28-21-7-5-4-6-20(21)27-23(28)19(14)13-25)31-16(3)24(30)26-18-10-8-17(9-11-18)15(2)29/h4-12,16H,1-3H3,(H,26,30)/t16-/m1/s1. The van der Waals surface area contributed by atoms with Gasteiger partial charge in [0.25, 0.3) is 0 Å². The Kier molecular flexibility index (Phi) is 5.49. The summed E-state index contributed by atoms with van der Waals surface area (Å²) in [6.07, 6.45) is 0. The number of imidazole rings is 1. The molecule has 1 N–H and O–H groups in total. The van der Waals surface area contributed by atoms with Crippen LogP contribution >= 0.6 is 11.8 Å². The molecule has 0 aliphatic carbocycles. The van der Waals surface area contributed by atoms with E-state index in [1.807, 2.05) is 48.6 Å². The molecule has 0 saturated heterocycles. The molecule has 7 heteroatoms. The molecule has 0 unspecified atom stereocenters. The number of aryl methyl sites for hydroxylation is 1. The topological polar surface area (TPSA) is 87.3 Å². The molecule has 0 bridgehead atoms. The van der Waals surface area contributed by atoms with Crippen molar-refractivity contribution in [2.75, 3.05) is 5.32 Å². The van der Waals surface area contributed by atoms with E-state index in [1.54, 1.807) is 24.3 Å². The number of rotatable bonds is 5. The molecule has 0 radical (unpaired) electrons. The highest BCUT2D eigenvalue weighted by atomic mass is 32.2. The summed E-state index contributed by atoms with van der Waals surface area (Å²) in [6.45, 7) is 5.22. The van der Waals surface area contributed by atoms with Crippen molar-refractivity contribution in [3.8, 4) is 6.07 Å². The van der Waals surface area contributed by atoms with Crippen LogP contribution in [0.5, 0.6) is 0 Å². The Balaban J connectivity index is 1.65. The summed E-state index contributed by atoms with van der Waals surface area (Å²) in [6, 6.07) is 18.7. The second-order valence-corrected chi connectivity index (χ2v) is 8.66. The normalized spacial score (nSPS) is 11.9. The lowest BCUT2D eigenvalue weighted by Gasteiger charge is -2.15. The maximum Gasteiger partial charge on any atom is 0.237 e. The molecule has 4 aromatic rings. The molecule has 0 aliphatic heterocycles. The molecule has 4 rings (SSSR count). The van der Waals surface area contributed by atoms with Gasteiger partial charge in [-0.1, -0.05) is 23.9 Å². The maximum atomic E-state index is 12.8. The van der Waals surface area contributed by atoms with Crippen LogP contribution in [-0.2, 0) is 4.79 Å². The predicted molar refractivity (Wildman–Crippen MR) is 123 cm³/mol. The Morgan fingerprint density at radius 1 is 1.16 bits per heavy atom. The number of amides is 1. The van der Waals surface area contributed by atoms with E-state index in [4.69, 9.17) is 0 Å². The van der Waals surface area contributed by atoms with Crippen LogP contribution in [0.4, 0.5) is 5.69 Å². The molecule has 0 spiro atoms. The van der Waals surface area contributed by atoms with E-state index in [1.165, 1.54) is 18.7 Å². The van der Waals surface area contributed by atoms with Crippen LogP contribution in [0.3, 0.4) is 0 Å². The lowest BCUT2D eigenvalue weighted by Crippen LogP contribution is -2.22. The van der Waals surface area contributed by atoms with Gasteiger partial charge < -0.3 is 5.32 Å². The van der Waals surface area contributed by atoms with Crippen LogP contribution in [-0.4, -0.2) is 26.3 Å². The molecule has 31 heavy (non-hydrogen) atoms. The van der Waals surface area contributed by atoms with Crippen molar-refractivity contribution in [2.24, 2.45) is 0 Å². The summed E-state index contributed by atoms with van der Waals surface area (Å²) in [5.74, 6) is -0.172. The zero-order valence-corrected chi connectivity index (χ0v) is 18.2. The number of hydrogen-bond donors (Lipinski definition) is 1.